The van der Waals surface area contributed by atoms with Crippen molar-refractivity contribution < 1.29 is 9.59 Å². The Morgan fingerprint density at radius 1 is 1.38 bits per heavy atom. The van der Waals surface area contributed by atoms with E-state index in [1.54, 1.807) is 0 Å². The monoisotopic (exact) mass is 219 g/mol. The normalized spacial score (nSPS) is 10.0. The van der Waals surface area contributed by atoms with Gasteiger partial charge in [0.15, 0.2) is 18.4 Å². The van der Waals surface area contributed by atoms with E-state index in [4.69, 9.17) is 0 Å². The number of nitrogens with zero attached hydrogens (tertiary/aromatic N) is 7. The van der Waals surface area contributed by atoms with Gasteiger partial charge in [-0.1, -0.05) is 0 Å². The van der Waals surface area contributed by atoms with Gasteiger partial charge in [-0.05, 0) is 5.21 Å². The molecule has 0 fully saturated rings. The quantitative estimate of drug-likeness (QED) is 0.339. The van der Waals surface area contributed by atoms with E-state index in [9.17, 15) is 9.59 Å². The average Bonchev–Trinajstić information content (AvgIpc) is 2.81. The molecule has 0 aliphatic carbocycles. The summed E-state index contributed by atoms with van der Waals surface area (Å²) in [6, 6.07) is 0. The van der Waals surface area contributed by atoms with Crippen LogP contribution >= 0.6 is 0 Å². The molecule has 0 atom stereocenters. The molecule has 0 aliphatic heterocycles. The van der Waals surface area contributed by atoms with Crippen LogP contribution in [-0.4, -0.2) is 47.2 Å². The van der Waals surface area contributed by atoms with E-state index in [2.05, 4.69) is 30.4 Å². The minimum Gasteiger partial charge on any atom is -0.294 e. The second-order valence-electron chi connectivity index (χ2n) is 2.67. The summed E-state index contributed by atoms with van der Waals surface area (Å²) in [6.45, 7) is 0.154. The van der Waals surface area contributed by atoms with Crippen molar-refractivity contribution in [3.8, 4) is 0 Å². The van der Waals surface area contributed by atoms with E-state index in [1.165, 1.54) is 11.1 Å². The highest BCUT2D eigenvalue weighted by atomic mass is 16.2. The van der Waals surface area contributed by atoms with Crippen LogP contribution in [-0.2, 0) is 11.3 Å². The van der Waals surface area contributed by atoms with Gasteiger partial charge in [-0.15, -0.1) is 10.2 Å². The standard InChI is InChI=1S/C7H5N7O2/c15-2-5(16)7-9-3-8-6(12-7)1-14-11-4-10-13-14/h2-4H,1H2. The molecule has 0 saturated carbocycles. The zero-order valence-electron chi connectivity index (χ0n) is 7.89. The van der Waals surface area contributed by atoms with Crippen molar-refractivity contribution in [1.82, 2.24) is 35.2 Å². The Balaban J connectivity index is 2.22. The first kappa shape index (κ1) is 9.96. The second kappa shape index (κ2) is 4.29. The van der Waals surface area contributed by atoms with Crippen LogP contribution in [0.2, 0.25) is 0 Å². The number of hydrogen-bond donors (Lipinski definition) is 0. The summed E-state index contributed by atoms with van der Waals surface area (Å²) < 4.78 is 0. The van der Waals surface area contributed by atoms with E-state index in [0.717, 1.165) is 6.33 Å². The van der Waals surface area contributed by atoms with Gasteiger partial charge in [0, 0.05) is 0 Å². The molecule has 0 saturated heterocycles. The van der Waals surface area contributed by atoms with Crippen LogP contribution in [0.3, 0.4) is 0 Å². The smallest absolute Gasteiger partial charge is 0.262 e. The van der Waals surface area contributed by atoms with Crippen LogP contribution in [0.15, 0.2) is 12.7 Å². The topological polar surface area (TPSA) is 116 Å². The molecule has 2 rings (SSSR count). The molecule has 2 aromatic rings. The number of ketones is 1. The zero-order valence-corrected chi connectivity index (χ0v) is 7.89. The fourth-order valence-electron chi connectivity index (χ4n) is 0.965. The Labute approximate surface area is 88.5 Å². The molecule has 2 aromatic heterocycles. The van der Waals surface area contributed by atoms with Gasteiger partial charge >= 0.3 is 0 Å². The fraction of sp³-hybridized carbons (Fsp3) is 0.143. The molecular weight excluding hydrogens is 214 g/mol. The van der Waals surface area contributed by atoms with E-state index < -0.39 is 5.78 Å². The first-order valence-electron chi connectivity index (χ1n) is 4.18. The first-order chi connectivity index (χ1) is 7.79. The Kier molecular flexibility index (Phi) is 2.67. The maximum Gasteiger partial charge on any atom is 0.262 e. The number of tetrazole rings is 1. The minimum absolute atomic E-state index is 0.146. The second-order valence-corrected chi connectivity index (χ2v) is 2.67. The summed E-state index contributed by atoms with van der Waals surface area (Å²) in [5.41, 5.74) is 0. The third-order valence-electron chi connectivity index (χ3n) is 1.62. The van der Waals surface area contributed by atoms with E-state index in [0.29, 0.717) is 0 Å². The predicted octanol–water partition coefficient (Wildman–Crippen LogP) is -1.71. The largest absolute Gasteiger partial charge is 0.294 e. The van der Waals surface area contributed by atoms with Crippen molar-refractivity contribution in [1.29, 1.82) is 0 Å². The molecule has 0 spiro atoms. The number of aldehydes is 1. The molecule has 0 aliphatic rings. The maximum absolute atomic E-state index is 11.0. The van der Waals surface area contributed by atoms with Gasteiger partial charge in [0.25, 0.3) is 5.78 Å². The summed E-state index contributed by atoms with van der Waals surface area (Å²) in [5.74, 6) is -0.714. The number of carbonyl (C=O) groups is 2. The van der Waals surface area contributed by atoms with Crippen LogP contribution in [0.25, 0.3) is 0 Å². The average molecular weight is 219 g/mol. The minimum atomic E-state index is -0.796. The lowest BCUT2D eigenvalue weighted by Gasteiger charge is -1.98. The Morgan fingerprint density at radius 2 is 2.25 bits per heavy atom. The molecule has 0 N–H and O–H groups in total. The van der Waals surface area contributed by atoms with Gasteiger partial charge in [0.1, 0.15) is 12.9 Å². The number of carbonyl (C=O) groups excluding carboxylic acids is 2. The molecule has 0 aromatic carbocycles. The Morgan fingerprint density at radius 3 is 2.94 bits per heavy atom. The van der Waals surface area contributed by atoms with Crippen molar-refractivity contribution in [3.63, 3.8) is 0 Å². The van der Waals surface area contributed by atoms with Gasteiger partial charge in [-0.2, -0.15) is 4.80 Å². The van der Waals surface area contributed by atoms with E-state index >= 15 is 0 Å². The first-order valence-corrected chi connectivity index (χ1v) is 4.18. The van der Waals surface area contributed by atoms with Crippen molar-refractivity contribution in [2.24, 2.45) is 0 Å². The molecule has 0 radical (unpaired) electrons. The molecule has 80 valence electrons. The number of hydrogen-bond acceptors (Lipinski definition) is 8. The van der Waals surface area contributed by atoms with Crippen molar-refractivity contribution in [2.75, 3.05) is 0 Å². The lowest BCUT2D eigenvalue weighted by molar-refractivity contribution is -0.104. The lowest BCUT2D eigenvalue weighted by Crippen LogP contribution is -2.13. The zero-order chi connectivity index (χ0) is 11.4. The van der Waals surface area contributed by atoms with Crippen LogP contribution in [0.1, 0.15) is 16.4 Å². The highest BCUT2D eigenvalue weighted by molar-refractivity contribution is 6.31. The van der Waals surface area contributed by atoms with Gasteiger partial charge < -0.3 is 0 Å². The number of rotatable bonds is 4. The molecule has 9 nitrogen and oxygen atoms in total. The van der Waals surface area contributed by atoms with Crippen LogP contribution in [0.4, 0.5) is 0 Å². The van der Waals surface area contributed by atoms with Crippen LogP contribution in [0, 0.1) is 0 Å². The summed E-state index contributed by atoms with van der Waals surface area (Å²) in [7, 11) is 0. The molecule has 16 heavy (non-hydrogen) atoms. The summed E-state index contributed by atoms with van der Waals surface area (Å²) in [5, 5.41) is 10.9. The predicted molar refractivity (Wildman–Crippen MR) is 47.1 cm³/mol. The molecule has 0 bridgehead atoms. The van der Waals surface area contributed by atoms with Gasteiger partial charge in [0.05, 0.1) is 0 Å². The summed E-state index contributed by atoms with van der Waals surface area (Å²) in [4.78, 5) is 33.7. The van der Waals surface area contributed by atoms with Crippen LogP contribution < -0.4 is 0 Å². The van der Waals surface area contributed by atoms with Crippen molar-refractivity contribution >= 4 is 12.1 Å². The Hall–Kier alpha value is -2.58. The highest BCUT2D eigenvalue weighted by Gasteiger charge is 2.09. The van der Waals surface area contributed by atoms with E-state index in [1.807, 2.05) is 0 Å². The SMILES string of the molecule is O=CC(=O)c1ncnc(Cn2ncnn2)n1. The molecule has 2 heterocycles. The van der Waals surface area contributed by atoms with E-state index in [-0.39, 0.29) is 24.5 Å². The maximum atomic E-state index is 11.0. The molecule has 0 amide bonds. The molecule has 9 heteroatoms. The Bertz CT molecular complexity index is 509. The lowest BCUT2D eigenvalue weighted by atomic mass is 10.4. The third kappa shape index (κ3) is 2.08. The van der Waals surface area contributed by atoms with Gasteiger partial charge in [0.2, 0.25) is 5.82 Å². The van der Waals surface area contributed by atoms with Gasteiger partial charge in [-0.3, -0.25) is 9.59 Å². The van der Waals surface area contributed by atoms with Gasteiger partial charge in [-0.25, -0.2) is 15.0 Å². The summed E-state index contributed by atoms with van der Waals surface area (Å²) in [6.07, 6.45) is 2.56. The number of Topliss-reactive ketones (excluding diaryl/α,β-unsaturated/α-hetero) is 1. The highest BCUT2D eigenvalue weighted by Crippen LogP contribution is 1.93. The van der Waals surface area contributed by atoms with Crippen LogP contribution in [0.5, 0.6) is 0 Å². The van der Waals surface area contributed by atoms with Crippen molar-refractivity contribution in [2.45, 2.75) is 6.54 Å². The van der Waals surface area contributed by atoms with Crippen molar-refractivity contribution in [3.05, 3.63) is 24.3 Å². The molecular formula is C7H5N7O2. The third-order valence-corrected chi connectivity index (χ3v) is 1.62. The summed E-state index contributed by atoms with van der Waals surface area (Å²) >= 11 is 0. The fourth-order valence-corrected chi connectivity index (χ4v) is 0.965. The number of aromatic nitrogens is 7. The molecule has 0 unspecified atom stereocenters.